The van der Waals surface area contributed by atoms with E-state index in [1.807, 2.05) is 6.92 Å². The third-order valence-corrected chi connectivity index (χ3v) is 5.40. The van der Waals surface area contributed by atoms with Crippen molar-refractivity contribution in [2.24, 2.45) is 0 Å². The molecule has 0 aliphatic carbocycles. The molecule has 2 atom stereocenters. The smallest absolute Gasteiger partial charge is 0.332 e. The van der Waals surface area contributed by atoms with Crippen LogP contribution in [0.1, 0.15) is 27.7 Å². The standard InChI is InChI=1S/C26H34N2O7/c1-7-27(19-10-14-21(32-5)15-11-19)23(25(30)34-8-2)24(26(31)35-9-3)28(18(4)29)20-12-16-22(33-6)17-13-20/h10-17,23-24H,7-9H2,1-6H3/t23-,24+/m1/s1. The summed E-state index contributed by atoms with van der Waals surface area (Å²) in [4.78, 5) is 42.7. The van der Waals surface area contributed by atoms with Gasteiger partial charge in [-0.15, -0.1) is 0 Å². The Kier molecular flexibility index (Phi) is 10.4. The summed E-state index contributed by atoms with van der Waals surface area (Å²) < 4.78 is 21.2. The van der Waals surface area contributed by atoms with Gasteiger partial charge in [-0.25, -0.2) is 9.59 Å². The van der Waals surface area contributed by atoms with Gasteiger partial charge in [0.05, 0.1) is 27.4 Å². The van der Waals surface area contributed by atoms with Crippen molar-refractivity contribution < 1.29 is 33.3 Å². The predicted octanol–water partition coefficient (Wildman–Crippen LogP) is 3.45. The first-order valence-electron chi connectivity index (χ1n) is 11.5. The quantitative estimate of drug-likeness (QED) is 0.421. The van der Waals surface area contributed by atoms with Crippen molar-refractivity contribution in [3.63, 3.8) is 0 Å². The number of carbonyl (C=O) groups is 3. The van der Waals surface area contributed by atoms with Crippen molar-refractivity contribution in [2.45, 2.75) is 39.8 Å². The maximum atomic E-state index is 13.4. The number of esters is 2. The topological polar surface area (TPSA) is 94.6 Å². The first kappa shape index (κ1) is 27.5. The van der Waals surface area contributed by atoms with Gasteiger partial charge in [0.25, 0.3) is 0 Å². The molecule has 0 spiro atoms. The monoisotopic (exact) mass is 486 g/mol. The largest absolute Gasteiger partial charge is 0.497 e. The molecule has 0 aromatic heterocycles. The Labute approximate surface area is 206 Å². The Bertz CT molecular complexity index is 976. The maximum absolute atomic E-state index is 13.4. The lowest BCUT2D eigenvalue weighted by molar-refractivity contribution is -0.153. The molecule has 0 aliphatic rings. The van der Waals surface area contributed by atoms with Crippen molar-refractivity contribution in [3.8, 4) is 11.5 Å². The lowest BCUT2D eigenvalue weighted by atomic mass is 10.0. The van der Waals surface area contributed by atoms with Crippen molar-refractivity contribution in [1.82, 2.24) is 0 Å². The van der Waals surface area contributed by atoms with Crippen molar-refractivity contribution in [2.75, 3.05) is 43.8 Å². The Balaban J connectivity index is 2.71. The second-order valence-electron chi connectivity index (χ2n) is 7.46. The van der Waals surface area contributed by atoms with Crippen molar-refractivity contribution in [3.05, 3.63) is 48.5 Å². The number of ether oxygens (including phenoxy) is 4. The van der Waals surface area contributed by atoms with Crippen LogP contribution >= 0.6 is 0 Å². The van der Waals surface area contributed by atoms with Gasteiger partial charge in [0.2, 0.25) is 5.91 Å². The summed E-state index contributed by atoms with van der Waals surface area (Å²) in [5.41, 5.74) is 1.07. The molecule has 2 aromatic carbocycles. The number of benzene rings is 2. The van der Waals surface area contributed by atoms with E-state index < -0.39 is 29.9 Å². The molecule has 1 amide bonds. The van der Waals surface area contributed by atoms with Gasteiger partial charge in [-0.1, -0.05) is 0 Å². The van der Waals surface area contributed by atoms with E-state index in [1.165, 1.54) is 18.9 Å². The number of hydrogen-bond donors (Lipinski definition) is 0. The third kappa shape index (κ3) is 6.65. The molecular formula is C26H34N2O7. The van der Waals surface area contributed by atoms with Gasteiger partial charge in [-0.2, -0.15) is 0 Å². The van der Waals surface area contributed by atoms with E-state index in [0.717, 1.165) is 0 Å². The number of methoxy groups -OCH3 is 2. The second-order valence-corrected chi connectivity index (χ2v) is 7.46. The Hall–Kier alpha value is -3.75. The highest BCUT2D eigenvalue weighted by Gasteiger charge is 2.45. The maximum Gasteiger partial charge on any atom is 0.332 e. The Morgan fingerprint density at radius 1 is 0.714 bits per heavy atom. The number of carbonyl (C=O) groups excluding carboxylic acids is 3. The van der Waals surface area contributed by atoms with Gasteiger partial charge in [0.15, 0.2) is 12.1 Å². The van der Waals surface area contributed by atoms with Gasteiger partial charge in [0, 0.05) is 24.8 Å². The lowest BCUT2D eigenvalue weighted by Crippen LogP contribution is -2.61. The number of likely N-dealkylation sites (N-methyl/N-ethyl adjacent to an activating group) is 1. The van der Waals surface area contributed by atoms with Crippen LogP contribution in [0.25, 0.3) is 0 Å². The average Bonchev–Trinajstić information content (AvgIpc) is 2.86. The molecule has 0 unspecified atom stereocenters. The summed E-state index contributed by atoms with van der Waals surface area (Å²) in [5.74, 6) is -0.580. The third-order valence-electron chi connectivity index (χ3n) is 5.40. The van der Waals surface area contributed by atoms with Crippen LogP contribution < -0.4 is 19.3 Å². The van der Waals surface area contributed by atoms with Crippen molar-refractivity contribution >= 4 is 29.2 Å². The minimum Gasteiger partial charge on any atom is -0.497 e. The second kappa shape index (κ2) is 13.2. The fourth-order valence-corrected chi connectivity index (χ4v) is 3.85. The Morgan fingerprint density at radius 3 is 1.51 bits per heavy atom. The minimum absolute atomic E-state index is 0.0773. The SMILES string of the molecule is CCOC(=O)[C@H]([C@H](C(=O)OCC)N(CC)c1ccc(OC)cc1)N(C(C)=O)c1ccc(OC)cc1. The van der Waals surface area contributed by atoms with Gasteiger partial charge >= 0.3 is 11.9 Å². The van der Waals surface area contributed by atoms with Crippen molar-refractivity contribution in [1.29, 1.82) is 0 Å². The highest BCUT2D eigenvalue weighted by atomic mass is 16.5. The van der Waals surface area contributed by atoms with Crippen LogP contribution in [0.4, 0.5) is 11.4 Å². The van der Waals surface area contributed by atoms with E-state index in [2.05, 4.69) is 0 Å². The number of nitrogens with zero attached hydrogens (tertiary/aromatic N) is 2. The number of rotatable bonds is 12. The highest BCUT2D eigenvalue weighted by Crippen LogP contribution is 2.29. The molecule has 2 aromatic rings. The minimum atomic E-state index is -1.32. The molecule has 0 heterocycles. The van der Waals surface area contributed by atoms with Crippen LogP contribution in [0.3, 0.4) is 0 Å². The number of hydrogen-bond acceptors (Lipinski definition) is 8. The molecular weight excluding hydrogens is 452 g/mol. The molecule has 9 nitrogen and oxygen atoms in total. The first-order chi connectivity index (χ1) is 16.8. The summed E-state index contributed by atoms with van der Waals surface area (Å²) in [6.07, 6.45) is 0. The molecule has 0 saturated carbocycles. The zero-order chi connectivity index (χ0) is 26.0. The van der Waals surface area contributed by atoms with Crippen LogP contribution in [0.5, 0.6) is 11.5 Å². The molecule has 35 heavy (non-hydrogen) atoms. The molecule has 0 bridgehead atoms. The van der Waals surface area contributed by atoms with E-state index in [9.17, 15) is 14.4 Å². The van der Waals surface area contributed by atoms with Crippen LogP contribution in [-0.2, 0) is 23.9 Å². The average molecular weight is 487 g/mol. The van der Waals surface area contributed by atoms with E-state index in [4.69, 9.17) is 18.9 Å². The summed E-state index contributed by atoms with van der Waals surface area (Å²) in [6.45, 7) is 7.07. The van der Waals surface area contributed by atoms with E-state index in [-0.39, 0.29) is 13.2 Å². The van der Waals surface area contributed by atoms with Crippen LogP contribution in [0, 0.1) is 0 Å². The van der Waals surface area contributed by atoms with Crippen LogP contribution in [0.15, 0.2) is 48.5 Å². The van der Waals surface area contributed by atoms with Crippen LogP contribution in [0.2, 0.25) is 0 Å². The number of amides is 1. The molecule has 9 heteroatoms. The van der Waals surface area contributed by atoms with Gasteiger partial charge in [-0.05, 0) is 69.3 Å². The highest BCUT2D eigenvalue weighted by molar-refractivity contribution is 6.02. The first-order valence-corrected chi connectivity index (χ1v) is 11.5. The van der Waals surface area contributed by atoms with Gasteiger partial charge < -0.3 is 23.8 Å². The van der Waals surface area contributed by atoms with Crippen LogP contribution in [-0.4, -0.2) is 63.9 Å². The molecule has 2 rings (SSSR count). The summed E-state index contributed by atoms with van der Waals surface area (Å²) >= 11 is 0. The van der Waals surface area contributed by atoms with E-state index in [0.29, 0.717) is 29.4 Å². The molecule has 0 aliphatic heterocycles. The Morgan fingerprint density at radius 2 is 1.14 bits per heavy atom. The van der Waals surface area contributed by atoms with Gasteiger partial charge in [-0.3, -0.25) is 9.69 Å². The lowest BCUT2D eigenvalue weighted by Gasteiger charge is -2.40. The number of anilines is 2. The molecule has 0 radical (unpaired) electrons. The van der Waals surface area contributed by atoms with E-state index in [1.54, 1.807) is 74.4 Å². The molecule has 0 saturated heterocycles. The molecule has 0 fully saturated rings. The summed E-state index contributed by atoms with van der Waals surface area (Å²) in [6, 6.07) is 11.2. The molecule has 190 valence electrons. The molecule has 0 N–H and O–H groups in total. The fourth-order valence-electron chi connectivity index (χ4n) is 3.85. The summed E-state index contributed by atoms with van der Waals surface area (Å²) in [5, 5.41) is 0. The predicted molar refractivity (Wildman–Crippen MR) is 133 cm³/mol. The van der Waals surface area contributed by atoms with E-state index >= 15 is 0 Å². The zero-order valence-corrected chi connectivity index (χ0v) is 21.1. The summed E-state index contributed by atoms with van der Waals surface area (Å²) in [7, 11) is 3.09. The van der Waals surface area contributed by atoms with Gasteiger partial charge in [0.1, 0.15) is 11.5 Å². The normalized spacial score (nSPS) is 12.2. The zero-order valence-electron chi connectivity index (χ0n) is 21.1. The fraction of sp³-hybridized carbons (Fsp3) is 0.423.